The maximum atomic E-state index is 13.6. The Morgan fingerprint density at radius 3 is 2.36 bits per heavy atom. The molecule has 0 unspecified atom stereocenters. The van der Waals surface area contributed by atoms with Crippen LogP contribution in [0.15, 0.2) is 23.0 Å². The summed E-state index contributed by atoms with van der Waals surface area (Å²) in [4.78, 5) is 39.9. The predicted octanol–water partition coefficient (Wildman–Crippen LogP) is -1.17. The number of hydrogen-bond donors (Lipinski definition) is 7. The Kier molecular flexibility index (Phi) is 4.86. The summed E-state index contributed by atoms with van der Waals surface area (Å²) in [6.45, 7) is 1.64. The lowest BCUT2D eigenvalue weighted by molar-refractivity contribution is -0.168. The maximum absolute atomic E-state index is 13.6. The molecular formula is C22H25N3O8. The Labute approximate surface area is 188 Å². The van der Waals surface area contributed by atoms with Crippen molar-refractivity contribution >= 4 is 28.9 Å². The molecule has 5 atom stereocenters. The number of benzene rings is 1. The SMILES string of the molecule is Cc1cc2c(c(O)c1N)C(O)=C1C(=O)[C@]3(O)C(O)=C(C(N)=O)C(=O)[C@@H](N(C)C)[C@@H]3[C@@H](O)[C@@H]1C2. The number of amides is 1. The first-order chi connectivity index (χ1) is 15.3. The fourth-order valence-corrected chi connectivity index (χ4v) is 5.47. The largest absolute Gasteiger partial charge is 0.508 e. The highest BCUT2D eigenvalue weighted by Crippen LogP contribution is 2.53. The van der Waals surface area contributed by atoms with Crippen molar-refractivity contribution in [3.05, 3.63) is 39.7 Å². The summed E-state index contributed by atoms with van der Waals surface area (Å²) in [6, 6.07) is 0.229. The van der Waals surface area contributed by atoms with Crippen LogP contribution in [0.5, 0.6) is 5.75 Å². The number of carbonyl (C=O) groups is 3. The predicted molar refractivity (Wildman–Crippen MR) is 115 cm³/mol. The quantitative estimate of drug-likeness (QED) is 0.160. The Bertz CT molecular complexity index is 1200. The average molecular weight is 459 g/mol. The van der Waals surface area contributed by atoms with E-state index < -0.39 is 75.5 Å². The van der Waals surface area contributed by atoms with Gasteiger partial charge in [-0.1, -0.05) is 6.07 Å². The highest BCUT2D eigenvalue weighted by molar-refractivity contribution is 6.24. The molecule has 0 saturated heterocycles. The number of rotatable bonds is 2. The second-order valence-corrected chi connectivity index (χ2v) is 9.04. The zero-order chi connectivity index (χ0) is 24.7. The van der Waals surface area contributed by atoms with Crippen molar-refractivity contribution in [2.24, 2.45) is 17.6 Å². The number of anilines is 1. The number of fused-ring (bicyclic) bond motifs is 3. The van der Waals surface area contributed by atoms with Gasteiger partial charge in [0.05, 0.1) is 29.3 Å². The van der Waals surface area contributed by atoms with Gasteiger partial charge in [-0.05, 0) is 38.6 Å². The third-order valence-corrected chi connectivity index (χ3v) is 7.04. The number of nitrogens with two attached hydrogens (primary N) is 2. The second kappa shape index (κ2) is 7.04. The first kappa shape index (κ1) is 22.8. The lowest BCUT2D eigenvalue weighted by Crippen LogP contribution is -2.70. The molecule has 11 nitrogen and oxygen atoms in total. The Hall–Kier alpha value is -3.41. The van der Waals surface area contributed by atoms with E-state index in [9.17, 15) is 39.9 Å². The van der Waals surface area contributed by atoms with Crippen LogP contribution in [0.25, 0.3) is 5.76 Å². The topological polar surface area (TPSA) is 208 Å². The number of aliphatic hydroxyl groups excluding tert-OH is 3. The van der Waals surface area contributed by atoms with E-state index >= 15 is 0 Å². The Morgan fingerprint density at radius 1 is 1.21 bits per heavy atom. The molecule has 0 bridgehead atoms. The smallest absolute Gasteiger partial charge is 0.255 e. The molecule has 9 N–H and O–H groups in total. The van der Waals surface area contributed by atoms with Gasteiger partial charge in [0.25, 0.3) is 5.91 Å². The molecule has 3 aliphatic carbocycles. The van der Waals surface area contributed by atoms with Crippen molar-refractivity contribution in [1.82, 2.24) is 4.90 Å². The van der Waals surface area contributed by atoms with Crippen molar-refractivity contribution in [2.45, 2.75) is 31.1 Å². The molecule has 1 fully saturated rings. The molecule has 1 saturated carbocycles. The van der Waals surface area contributed by atoms with Crippen LogP contribution in [0.1, 0.15) is 16.7 Å². The number of aliphatic hydroxyl groups is 4. The second-order valence-electron chi connectivity index (χ2n) is 9.04. The highest BCUT2D eigenvalue weighted by Gasteiger charge is 2.67. The molecular weight excluding hydrogens is 434 g/mol. The van der Waals surface area contributed by atoms with Gasteiger partial charge in [-0.3, -0.25) is 19.3 Å². The van der Waals surface area contributed by atoms with Gasteiger partial charge >= 0.3 is 0 Å². The van der Waals surface area contributed by atoms with E-state index in [1.54, 1.807) is 13.0 Å². The van der Waals surface area contributed by atoms with Gasteiger partial charge in [0.15, 0.2) is 11.4 Å². The highest BCUT2D eigenvalue weighted by atomic mass is 16.4. The van der Waals surface area contributed by atoms with Crippen LogP contribution >= 0.6 is 0 Å². The number of aromatic hydroxyl groups is 1. The molecule has 0 spiro atoms. The number of hydrogen-bond acceptors (Lipinski definition) is 10. The molecule has 0 radical (unpaired) electrons. The van der Waals surface area contributed by atoms with E-state index in [1.165, 1.54) is 19.0 Å². The summed E-state index contributed by atoms with van der Waals surface area (Å²) < 4.78 is 0. The number of Topliss-reactive ketones (excluding diaryl/α,β-unsaturated/α-hetero) is 2. The number of phenols is 1. The zero-order valence-electron chi connectivity index (χ0n) is 18.2. The lowest BCUT2D eigenvalue weighted by atomic mass is 9.56. The van der Waals surface area contributed by atoms with Crippen molar-refractivity contribution in [1.29, 1.82) is 0 Å². The van der Waals surface area contributed by atoms with Gasteiger partial charge in [0.2, 0.25) is 5.78 Å². The minimum atomic E-state index is -2.92. The molecule has 0 heterocycles. The molecule has 3 aliphatic rings. The van der Waals surface area contributed by atoms with Gasteiger partial charge in [0.1, 0.15) is 22.8 Å². The summed E-state index contributed by atoms with van der Waals surface area (Å²) in [7, 11) is 2.90. The summed E-state index contributed by atoms with van der Waals surface area (Å²) in [5.74, 6) is -8.60. The monoisotopic (exact) mass is 459 g/mol. The van der Waals surface area contributed by atoms with Gasteiger partial charge in [-0.25, -0.2) is 0 Å². The van der Waals surface area contributed by atoms with Gasteiger partial charge in [-0.15, -0.1) is 0 Å². The molecule has 1 amide bonds. The van der Waals surface area contributed by atoms with E-state index in [0.717, 1.165) is 0 Å². The molecule has 33 heavy (non-hydrogen) atoms. The van der Waals surface area contributed by atoms with Crippen molar-refractivity contribution in [2.75, 3.05) is 19.8 Å². The number of carbonyl (C=O) groups excluding carboxylic acids is 3. The lowest BCUT2D eigenvalue weighted by Gasteiger charge is -2.52. The molecule has 1 aromatic rings. The summed E-state index contributed by atoms with van der Waals surface area (Å²) in [5.41, 5.74) is 7.57. The van der Waals surface area contributed by atoms with E-state index in [4.69, 9.17) is 11.5 Å². The van der Waals surface area contributed by atoms with Crippen molar-refractivity contribution in [3.63, 3.8) is 0 Å². The van der Waals surface area contributed by atoms with Crippen LogP contribution < -0.4 is 11.5 Å². The van der Waals surface area contributed by atoms with Gasteiger partial charge in [0, 0.05) is 11.5 Å². The molecule has 4 rings (SSSR count). The van der Waals surface area contributed by atoms with Crippen LogP contribution in [-0.4, -0.2) is 79.7 Å². The molecule has 11 heteroatoms. The summed E-state index contributed by atoms with van der Waals surface area (Å²) in [6.07, 6.45) is -1.63. The van der Waals surface area contributed by atoms with Crippen LogP contribution in [0.4, 0.5) is 5.69 Å². The number of nitrogens with zero attached hydrogens (tertiary/aromatic N) is 1. The Balaban J connectivity index is 2.04. The van der Waals surface area contributed by atoms with Gasteiger partial charge in [-0.2, -0.15) is 0 Å². The number of nitrogen functional groups attached to an aromatic ring is 1. The summed E-state index contributed by atoms with van der Waals surface area (Å²) >= 11 is 0. The van der Waals surface area contributed by atoms with Crippen LogP contribution in [0.2, 0.25) is 0 Å². The number of primary amides is 1. The number of likely N-dealkylation sites (N-methyl/N-ethyl adjacent to an activating group) is 1. The first-order valence-electron chi connectivity index (χ1n) is 10.2. The van der Waals surface area contributed by atoms with Crippen molar-refractivity contribution in [3.8, 4) is 5.75 Å². The van der Waals surface area contributed by atoms with Crippen LogP contribution in [-0.2, 0) is 20.8 Å². The van der Waals surface area contributed by atoms with Crippen LogP contribution in [0, 0.1) is 18.8 Å². The van der Waals surface area contributed by atoms with E-state index in [2.05, 4.69) is 0 Å². The maximum Gasteiger partial charge on any atom is 0.255 e. The third-order valence-electron chi connectivity index (χ3n) is 7.04. The van der Waals surface area contributed by atoms with E-state index in [1.807, 2.05) is 0 Å². The molecule has 1 aromatic carbocycles. The standard InChI is InChI=1S/C22H25N3O8/c1-6-4-7-5-8-10(16(27)9(7)17(28)13(6)23)19(30)22(33)12(15(8)26)14(25(2)3)18(29)11(20(22)31)21(24)32/h4,8,12,14-15,26-28,31,33H,5,23H2,1-3H3,(H2,24,32)/t8-,12-,14+,15+,22+/m1/s1. The molecule has 0 aromatic heterocycles. The van der Waals surface area contributed by atoms with Gasteiger partial charge < -0.3 is 37.0 Å². The minimum absolute atomic E-state index is 0.0190. The fourth-order valence-electron chi connectivity index (χ4n) is 5.47. The minimum Gasteiger partial charge on any atom is -0.508 e. The molecule has 0 aliphatic heterocycles. The Morgan fingerprint density at radius 2 is 1.82 bits per heavy atom. The number of ketones is 2. The first-order valence-corrected chi connectivity index (χ1v) is 10.2. The normalized spacial score (nSPS) is 31.5. The van der Waals surface area contributed by atoms with E-state index in [-0.39, 0.29) is 17.7 Å². The zero-order valence-corrected chi connectivity index (χ0v) is 18.2. The number of phenolic OH excluding ortho intramolecular Hbond substituents is 1. The number of aryl methyl sites for hydroxylation is 1. The molecule has 176 valence electrons. The third kappa shape index (κ3) is 2.70. The van der Waals surface area contributed by atoms with Crippen molar-refractivity contribution < 1.29 is 39.9 Å². The van der Waals surface area contributed by atoms with E-state index in [0.29, 0.717) is 11.1 Å². The average Bonchev–Trinajstić information content (AvgIpc) is 2.71. The van der Waals surface area contributed by atoms with Crippen LogP contribution in [0.3, 0.4) is 0 Å². The summed E-state index contributed by atoms with van der Waals surface area (Å²) in [5, 5.41) is 55.1. The fraction of sp³-hybridized carbons (Fsp3) is 0.409.